The van der Waals surface area contributed by atoms with Gasteiger partial charge >= 0.3 is 0 Å². The average Bonchev–Trinajstić information content (AvgIpc) is 2.68. The summed E-state index contributed by atoms with van der Waals surface area (Å²) in [5.74, 6) is 0. The SMILES string of the molecule is NC(/C1=C/CCCCCC1)c1ccoc1. The van der Waals surface area contributed by atoms with Crippen LogP contribution in [0.4, 0.5) is 0 Å². The molecule has 0 aliphatic heterocycles. The molecular weight excluding hydrogens is 186 g/mol. The molecule has 0 saturated carbocycles. The standard InChI is InChI=1S/C13H19NO/c14-13(12-8-9-15-10-12)11-6-4-2-1-3-5-7-11/h6,8-10,13H,1-5,7,14H2/b11-6+. The highest BCUT2D eigenvalue weighted by molar-refractivity contribution is 5.24. The molecule has 1 atom stereocenters. The highest BCUT2D eigenvalue weighted by Crippen LogP contribution is 2.26. The van der Waals surface area contributed by atoms with Crippen LogP contribution in [0.3, 0.4) is 0 Å². The molecule has 1 heterocycles. The Morgan fingerprint density at radius 2 is 2.07 bits per heavy atom. The fourth-order valence-corrected chi connectivity index (χ4v) is 2.17. The van der Waals surface area contributed by atoms with E-state index in [1.807, 2.05) is 6.07 Å². The van der Waals surface area contributed by atoms with Crippen LogP contribution in [0.2, 0.25) is 0 Å². The van der Waals surface area contributed by atoms with Crippen molar-refractivity contribution in [1.82, 2.24) is 0 Å². The van der Waals surface area contributed by atoms with Crippen LogP contribution in [0, 0.1) is 0 Å². The molecular formula is C13H19NO. The third kappa shape index (κ3) is 2.72. The van der Waals surface area contributed by atoms with Gasteiger partial charge in [0.05, 0.1) is 18.6 Å². The Hall–Kier alpha value is -1.02. The lowest BCUT2D eigenvalue weighted by Gasteiger charge is -2.17. The Morgan fingerprint density at radius 3 is 2.87 bits per heavy atom. The molecule has 2 heteroatoms. The van der Waals surface area contributed by atoms with Gasteiger partial charge in [-0.3, -0.25) is 0 Å². The van der Waals surface area contributed by atoms with Gasteiger partial charge in [-0.1, -0.05) is 24.5 Å². The van der Waals surface area contributed by atoms with E-state index >= 15 is 0 Å². The minimum Gasteiger partial charge on any atom is -0.472 e. The van der Waals surface area contributed by atoms with Gasteiger partial charge in [0.1, 0.15) is 0 Å². The molecule has 15 heavy (non-hydrogen) atoms. The summed E-state index contributed by atoms with van der Waals surface area (Å²) in [6, 6.07) is 2.01. The summed E-state index contributed by atoms with van der Waals surface area (Å²) in [7, 11) is 0. The Balaban J connectivity index is 2.07. The molecule has 1 unspecified atom stereocenters. The average molecular weight is 205 g/mol. The summed E-state index contributed by atoms with van der Waals surface area (Å²) in [6.45, 7) is 0. The summed E-state index contributed by atoms with van der Waals surface area (Å²) in [4.78, 5) is 0. The summed E-state index contributed by atoms with van der Waals surface area (Å²) in [5, 5.41) is 0. The maximum Gasteiger partial charge on any atom is 0.0953 e. The van der Waals surface area contributed by atoms with E-state index in [-0.39, 0.29) is 6.04 Å². The number of nitrogens with two attached hydrogens (primary N) is 1. The van der Waals surface area contributed by atoms with E-state index in [9.17, 15) is 0 Å². The van der Waals surface area contributed by atoms with Gasteiger partial charge in [-0.05, 0) is 31.7 Å². The molecule has 0 saturated heterocycles. The van der Waals surface area contributed by atoms with Crippen molar-refractivity contribution in [3.05, 3.63) is 35.8 Å². The predicted octanol–water partition coefficient (Wildman–Crippen LogP) is 3.56. The Kier molecular flexibility index (Phi) is 3.62. The molecule has 0 radical (unpaired) electrons. The number of allylic oxidation sites excluding steroid dienone is 1. The van der Waals surface area contributed by atoms with Crippen molar-refractivity contribution in [3.8, 4) is 0 Å². The molecule has 0 aromatic carbocycles. The molecule has 1 aromatic rings. The Bertz CT molecular complexity index is 313. The van der Waals surface area contributed by atoms with Crippen LogP contribution in [0.1, 0.15) is 50.1 Å². The zero-order valence-corrected chi connectivity index (χ0v) is 9.11. The zero-order valence-electron chi connectivity index (χ0n) is 9.11. The molecule has 2 N–H and O–H groups in total. The smallest absolute Gasteiger partial charge is 0.0953 e. The minimum absolute atomic E-state index is 0.0434. The number of hydrogen-bond donors (Lipinski definition) is 1. The first-order valence-electron chi connectivity index (χ1n) is 5.84. The van der Waals surface area contributed by atoms with Gasteiger partial charge in [0.25, 0.3) is 0 Å². The second-order valence-electron chi connectivity index (χ2n) is 4.27. The van der Waals surface area contributed by atoms with E-state index in [2.05, 4.69) is 6.08 Å². The number of hydrogen-bond acceptors (Lipinski definition) is 2. The molecule has 1 aliphatic rings. The molecule has 0 amide bonds. The van der Waals surface area contributed by atoms with Crippen LogP contribution in [0.5, 0.6) is 0 Å². The van der Waals surface area contributed by atoms with E-state index in [4.69, 9.17) is 10.2 Å². The molecule has 0 fully saturated rings. The van der Waals surface area contributed by atoms with Gasteiger partial charge in [-0.25, -0.2) is 0 Å². The van der Waals surface area contributed by atoms with Crippen molar-refractivity contribution in [2.45, 2.75) is 44.6 Å². The third-order valence-electron chi connectivity index (χ3n) is 3.13. The second kappa shape index (κ2) is 5.17. The van der Waals surface area contributed by atoms with Crippen molar-refractivity contribution in [2.75, 3.05) is 0 Å². The molecule has 2 nitrogen and oxygen atoms in total. The lowest BCUT2D eigenvalue weighted by molar-refractivity contribution is 0.558. The van der Waals surface area contributed by atoms with Crippen LogP contribution < -0.4 is 5.73 Å². The fraction of sp³-hybridized carbons (Fsp3) is 0.538. The predicted molar refractivity (Wildman–Crippen MR) is 61.4 cm³/mol. The maximum absolute atomic E-state index is 6.21. The van der Waals surface area contributed by atoms with Gasteiger partial charge in [-0.15, -0.1) is 0 Å². The first kappa shape index (κ1) is 10.5. The summed E-state index contributed by atoms with van der Waals surface area (Å²) < 4.78 is 5.08. The Morgan fingerprint density at radius 1 is 1.20 bits per heavy atom. The largest absolute Gasteiger partial charge is 0.472 e. The van der Waals surface area contributed by atoms with Crippen LogP contribution in [-0.4, -0.2) is 0 Å². The number of rotatable bonds is 2. The normalized spacial score (nSPS) is 23.7. The lowest BCUT2D eigenvalue weighted by atomic mass is 9.93. The fourth-order valence-electron chi connectivity index (χ4n) is 2.17. The van der Waals surface area contributed by atoms with Gasteiger partial charge in [0.2, 0.25) is 0 Å². The summed E-state index contributed by atoms with van der Waals surface area (Å²) >= 11 is 0. The van der Waals surface area contributed by atoms with Gasteiger partial charge in [0.15, 0.2) is 0 Å². The second-order valence-corrected chi connectivity index (χ2v) is 4.27. The van der Waals surface area contributed by atoms with E-state index in [0.29, 0.717) is 0 Å². The van der Waals surface area contributed by atoms with Gasteiger partial charge in [-0.2, -0.15) is 0 Å². The van der Waals surface area contributed by atoms with Crippen molar-refractivity contribution >= 4 is 0 Å². The molecule has 0 bridgehead atoms. The molecule has 2 rings (SSSR count). The van der Waals surface area contributed by atoms with Crippen molar-refractivity contribution in [3.63, 3.8) is 0 Å². The third-order valence-corrected chi connectivity index (χ3v) is 3.13. The van der Waals surface area contributed by atoms with Crippen LogP contribution in [0.15, 0.2) is 34.7 Å². The van der Waals surface area contributed by atoms with Crippen molar-refractivity contribution in [2.24, 2.45) is 5.73 Å². The van der Waals surface area contributed by atoms with Crippen molar-refractivity contribution in [1.29, 1.82) is 0 Å². The van der Waals surface area contributed by atoms with E-state index in [1.165, 1.54) is 37.7 Å². The first-order valence-corrected chi connectivity index (χ1v) is 5.84. The monoisotopic (exact) mass is 205 g/mol. The molecule has 82 valence electrons. The highest BCUT2D eigenvalue weighted by Gasteiger charge is 2.13. The summed E-state index contributed by atoms with van der Waals surface area (Å²) in [6.07, 6.45) is 13.4. The highest BCUT2D eigenvalue weighted by atomic mass is 16.3. The Labute approximate surface area is 91.2 Å². The van der Waals surface area contributed by atoms with E-state index < -0.39 is 0 Å². The number of furan rings is 1. The minimum atomic E-state index is 0.0434. The molecule has 1 aromatic heterocycles. The maximum atomic E-state index is 6.21. The van der Waals surface area contributed by atoms with Crippen LogP contribution in [-0.2, 0) is 0 Å². The molecule has 1 aliphatic carbocycles. The van der Waals surface area contributed by atoms with Gasteiger partial charge < -0.3 is 10.2 Å². The molecule has 0 spiro atoms. The first-order chi connectivity index (χ1) is 7.38. The van der Waals surface area contributed by atoms with Crippen molar-refractivity contribution < 1.29 is 4.42 Å². The topological polar surface area (TPSA) is 39.2 Å². The van der Waals surface area contributed by atoms with Gasteiger partial charge in [0, 0.05) is 5.56 Å². The van der Waals surface area contributed by atoms with Crippen LogP contribution >= 0.6 is 0 Å². The van der Waals surface area contributed by atoms with Crippen LogP contribution in [0.25, 0.3) is 0 Å². The van der Waals surface area contributed by atoms with E-state index in [0.717, 1.165) is 12.0 Å². The summed E-state index contributed by atoms with van der Waals surface area (Å²) in [5.41, 5.74) is 8.69. The van der Waals surface area contributed by atoms with E-state index in [1.54, 1.807) is 12.5 Å². The lowest BCUT2D eigenvalue weighted by Crippen LogP contribution is -2.13. The quantitative estimate of drug-likeness (QED) is 0.750. The zero-order chi connectivity index (χ0) is 10.5.